The van der Waals surface area contributed by atoms with Gasteiger partial charge < -0.3 is 9.90 Å². The van der Waals surface area contributed by atoms with Crippen LogP contribution >= 0.6 is 0 Å². The summed E-state index contributed by atoms with van der Waals surface area (Å²) in [5.41, 5.74) is -0.525. The maximum atomic E-state index is 11.2. The molecule has 0 radical (unpaired) electrons. The molecule has 0 spiro atoms. The van der Waals surface area contributed by atoms with Gasteiger partial charge in [0.25, 0.3) is 0 Å². The third-order valence-electron chi connectivity index (χ3n) is 3.85. The molecule has 0 fully saturated rings. The SMILES string of the molecule is CCCCCCCCCCC(CC(C)(C)C=O)C(=O)O. The number of hydrogen-bond donors (Lipinski definition) is 1. The first-order valence-corrected chi connectivity index (χ1v) is 8.12. The number of rotatable bonds is 13. The van der Waals surface area contributed by atoms with Crippen molar-refractivity contribution in [2.24, 2.45) is 11.3 Å². The zero-order valence-corrected chi connectivity index (χ0v) is 13.5. The van der Waals surface area contributed by atoms with E-state index in [0.717, 1.165) is 19.1 Å². The third-order valence-corrected chi connectivity index (χ3v) is 3.85. The summed E-state index contributed by atoms with van der Waals surface area (Å²) in [7, 11) is 0. The number of carboxylic acids is 1. The topological polar surface area (TPSA) is 54.4 Å². The molecule has 0 bridgehead atoms. The highest BCUT2D eigenvalue weighted by atomic mass is 16.4. The zero-order chi connectivity index (χ0) is 15.4. The highest BCUT2D eigenvalue weighted by molar-refractivity contribution is 5.71. The lowest BCUT2D eigenvalue weighted by molar-refractivity contribution is -0.143. The van der Waals surface area contributed by atoms with Gasteiger partial charge in [0.2, 0.25) is 0 Å². The Morgan fingerprint density at radius 1 is 1.05 bits per heavy atom. The number of unbranched alkanes of at least 4 members (excludes halogenated alkanes) is 7. The maximum absolute atomic E-state index is 11.2. The molecule has 0 aliphatic rings. The summed E-state index contributed by atoms with van der Waals surface area (Å²) in [6.45, 7) is 5.83. The molecule has 1 unspecified atom stereocenters. The van der Waals surface area contributed by atoms with E-state index in [1.165, 1.54) is 38.5 Å². The molecular formula is C17H32O3. The lowest BCUT2D eigenvalue weighted by Gasteiger charge is -2.21. The van der Waals surface area contributed by atoms with Crippen molar-refractivity contribution in [2.75, 3.05) is 0 Å². The van der Waals surface area contributed by atoms with Gasteiger partial charge in [-0.2, -0.15) is 0 Å². The summed E-state index contributed by atoms with van der Waals surface area (Å²) in [6, 6.07) is 0. The molecule has 1 atom stereocenters. The van der Waals surface area contributed by atoms with Crippen LogP contribution in [-0.2, 0) is 9.59 Å². The Bertz CT molecular complexity index is 271. The average Bonchev–Trinajstić information content (AvgIpc) is 2.40. The number of carboxylic acid groups (broad SMARTS) is 1. The lowest BCUT2D eigenvalue weighted by atomic mass is 9.82. The summed E-state index contributed by atoms with van der Waals surface area (Å²) < 4.78 is 0. The lowest BCUT2D eigenvalue weighted by Crippen LogP contribution is -2.24. The smallest absolute Gasteiger partial charge is 0.306 e. The van der Waals surface area contributed by atoms with Crippen molar-refractivity contribution in [3.8, 4) is 0 Å². The normalized spacial score (nSPS) is 13.2. The monoisotopic (exact) mass is 284 g/mol. The van der Waals surface area contributed by atoms with Crippen molar-refractivity contribution in [3.05, 3.63) is 0 Å². The van der Waals surface area contributed by atoms with Gasteiger partial charge in [0.1, 0.15) is 6.29 Å². The summed E-state index contributed by atoms with van der Waals surface area (Å²) in [6.07, 6.45) is 11.8. The van der Waals surface area contributed by atoms with E-state index in [-0.39, 0.29) is 5.92 Å². The van der Waals surface area contributed by atoms with E-state index in [9.17, 15) is 14.7 Å². The molecule has 0 aliphatic carbocycles. The Labute approximate surface area is 124 Å². The van der Waals surface area contributed by atoms with Crippen molar-refractivity contribution < 1.29 is 14.7 Å². The zero-order valence-electron chi connectivity index (χ0n) is 13.5. The number of carbonyl (C=O) groups is 2. The van der Waals surface area contributed by atoms with Crippen LogP contribution in [0.2, 0.25) is 0 Å². The molecule has 1 N–H and O–H groups in total. The van der Waals surface area contributed by atoms with E-state index in [0.29, 0.717) is 12.8 Å². The third kappa shape index (κ3) is 9.99. The maximum Gasteiger partial charge on any atom is 0.306 e. The summed E-state index contributed by atoms with van der Waals surface area (Å²) in [5.74, 6) is -1.14. The van der Waals surface area contributed by atoms with Gasteiger partial charge in [-0.25, -0.2) is 0 Å². The van der Waals surface area contributed by atoms with Crippen LogP contribution in [0.15, 0.2) is 0 Å². The molecule has 118 valence electrons. The molecule has 0 saturated heterocycles. The van der Waals surface area contributed by atoms with Crippen LogP contribution in [0.1, 0.15) is 85.0 Å². The molecule has 20 heavy (non-hydrogen) atoms. The molecule has 0 rings (SSSR count). The molecule has 0 aromatic rings. The molecule has 0 aromatic heterocycles. The van der Waals surface area contributed by atoms with Gasteiger partial charge in [0, 0.05) is 5.41 Å². The van der Waals surface area contributed by atoms with Crippen molar-refractivity contribution in [1.29, 1.82) is 0 Å². The fraction of sp³-hybridized carbons (Fsp3) is 0.882. The first-order valence-electron chi connectivity index (χ1n) is 8.12. The van der Waals surface area contributed by atoms with Gasteiger partial charge in [0.05, 0.1) is 5.92 Å². The minimum absolute atomic E-state index is 0.379. The number of carbonyl (C=O) groups excluding carboxylic acids is 1. The second kappa shape index (κ2) is 10.9. The predicted octanol–water partition coefficient (Wildman–Crippen LogP) is 4.83. The fourth-order valence-corrected chi connectivity index (χ4v) is 2.52. The van der Waals surface area contributed by atoms with E-state index in [4.69, 9.17) is 0 Å². The minimum atomic E-state index is -0.761. The fourth-order valence-electron chi connectivity index (χ4n) is 2.52. The largest absolute Gasteiger partial charge is 0.481 e. The van der Waals surface area contributed by atoms with Crippen molar-refractivity contribution in [2.45, 2.75) is 85.0 Å². The first kappa shape index (κ1) is 19.1. The van der Waals surface area contributed by atoms with Crippen LogP contribution in [0.4, 0.5) is 0 Å². The average molecular weight is 284 g/mol. The summed E-state index contributed by atoms with van der Waals surface area (Å²) >= 11 is 0. The Morgan fingerprint density at radius 3 is 2.00 bits per heavy atom. The van der Waals surface area contributed by atoms with Gasteiger partial charge >= 0.3 is 5.97 Å². The molecule has 3 heteroatoms. The van der Waals surface area contributed by atoms with Crippen LogP contribution in [0.3, 0.4) is 0 Å². The van der Waals surface area contributed by atoms with Crippen molar-refractivity contribution in [1.82, 2.24) is 0 Å². The summed E-state index contributed by atoms with van der Waals surface area (Å²) in [5, 5.41) is 9.22. The second-order valence-electron chi connectivity index (χ2n) is 6.61. The van der Waals surface area contributed by atoms with Gasteiger partial charge in [-0.05, 0) is 12.8 Å². The number of aliphatic carboxylic acids is 1. The van der Waals surface area contributed by atoms with Crippen molar-refractivity contribution >= 4 is 12.3 Å². The molecule has 0 saturated carbocycles. The van der Waals surface area contributed by atoms with Gasteiger partial charge in [-0.1, -0.05) is 72.1 Å². The first-order chi connectivity index (χ1) is 9.43. The molecule has 0 amide bonds. The molecule has 0 aliphatic heterocycles. The Morgan fingerprint density at radius 2 is 1.55 bits per heavy atom. The Balaban J connectivity index is 3.77. The van der Waals surface area contributed by atoms with Gasteiger partial charge in [-0.15, -0.1) is 0 Å². The molecule has 3 nitrogen and oxygen atoms in total. The Hall–Kier alpha value is -0.860. The summed E-state index contributed by atoms with van der Waals surface area (Å²) in [4.78, 5) is 22.1. The second-order valence-corrected chi connectivity index (χ2v) is 6.61. The van der Waals surface area contributed by atoms with Crippen LogP contribution < -0.4 is 0 Å². The number of aldehydes is 1. The van der Waals surface area contributed by atoms with Crippen LogP contribution in [0.5, 0.6) is 0 Å². The van der Waals surface area contributed by atoms with Crippen molar-refractivity contribution in [3.63, 3.8) is 0 Å². The Kier molecular flexibility index (Phi) is 10.4. The number of hydrogen-bond acceptors (Lipinski definition) is 2. The highest BCUT2D eigenvalue weighted by Crippen LogP contribution is 2.27. The quantitative estimate of drug-likeness (QED) is 0.389. The standard InChI is InChI=1S/C17H32O3/c1-4-5-6-7-8-9-10-11-12-15(16(19)20)13-17(2,3)14-18/h14-15H,4-13H2,1-3H3,(H,19,20). The molecule has 0 heterocycles. The van der Waals surface area contributed by atoms with Gasteiger partial charge in [-0.3, -0.25) is 4.79 Å². The van der Waals surface area contributed by atoms with E-state index in [1.54, 1.807) is 0 Å². The highest BCUT2D eigenvalue weighted by Gasteiger charge is 2.26. The van der Waals surface area contributed by atoms with E-state index >= 15 is 0 Å². The predicted molar refractivity (Wildman–Crippen MR) is 82.8 cm³/mol. The molecule has 0 aromatic carbocycles. The van der Waals surface area contributed by atoms with Crippen LogP contribution in [0, 0.1) is 11.3 Å². The van der Waals surface area contributed by atoms with Crippen LogP contribution in [-0.4, -0.2) is 17.4 Å². The molecular weight excluding hydrogens is 252 g/mol. The van der Waals surface area contributed by atoms with Gasteiger partial charge in [0.15, 0.2) is 0 Å². The van der Waals surface area contributed by atoms with E-state index in [2.05, 4.69) is 6.92 Å². The minimum Gasteiger partial charge on any atom is -0.481 e. The van der Waals surface area contributed by atoms with E-state index < -0.39 is 11.4 Å². The van der Waals surface area contributed by atoms with Crippen LogP contribution in [0.25, 0.3) is 0 Å². The van der Waals surface area contributed by atoms with E-state index in [1.807, 2.05) is 13.8 Å².